The summed E-state index contributed by atoms with van der Waals surface area (Å²) in [5, 5.41) is 3.60. The molecule has 0 aliphatic carbocycles. The lowest BCUT2D eigenvalue weighted by Crippen LogP contribution is -2.64. The van der Waals surface area contributed by atoms with E-state index in [0.717, 1.165) is 12.8 Å². The first-order valence-corrected chi connectivity index (χ1v) is 15.3. The highest BCUT2D eigenvalue weighted by molar-refractivity contribution is 6.63. The van der Waals surface area contributed by atoms with Gasteiger partial charge in [-0.05, 0) is 54.4 Å². The van der Waals surface area contributed by atoms with E-state index in [0.29, 0.717) is 46.2 Å². The first-order valence-electron chi connectivity index (χ1n) is 11.7. The molecule has 3 unspecified atom stereocenters. The Bertz CT molecular complexity index is 389. The van der Waals surface area contributed by atoms with Gasteiger partial charge in [-0.1, -0.05) is 13.8 Å². The molecule has 0 rings (SSSR count). The minimum Gasteiger partial charge on any atom is -0.374 e. The van der Waals surface area contributed by atoms with Gasteiger partial charge in [-0.3, -0.25) is 0 Å². The van der Waals surface area contributed by atoms with E-state index in [4.69, 9.17) is 32.3 Å². The second-order valence-corrected chi connectivity index (χ2v) is 12.4. The van der Waals surface area contributed by atoms with Crippen LogP contribution in [0.5, 0.6) is 0 Å². The van der Waals surface area contributed by atoms with E-state index in [1.807, 2.05) is 41.5 Å². The van der Waals surface area contributed by atoms with Crippen molar-refractivity contribution in [2.24, 2.45) is 5.73 Å². The molecular weight excluding hydrogens is 420 g/mol. The van der Waals surface area contributed by atoms with Gasteiger partial charge in [0.15, 0.2) is 0 Å². The number of nitrogens with two attached hydrogens (primary N) is 1. The summed E-state index contributed by atoms with van der Waals surface area (Å²) < 4.78 is 36.6. The highest BCUT2D eigenvalue weighted by Crippen LogP contribution is 2.32. The summed E-state index contributed by atoms with van der Waals surface area (Å²) in [4.78, 5) is 0. The first-order chi connectivity index (χ1) is 14.4. The van der Waals surface area contributed by atoms with Gasteiger partial charge in [0.05, 0.1) is 5.67 Å². The molecule has 0 amide bonds. The van der Waals surface area contributed by atoms with E-state index < -0.39 is 17.6 Å². The molecule has 3 N–H and O–H groups in total. The Morgan fingerprint density at radius 2 is 0.967 bits per heavy atom. The molecule has 0 spiro atoms. The molecule has 0 aromatic heterocycles. The van der Waals surface area contributed by atoms with Crippen molar-refractivity contribution < 1.29 is 26.6 Å². The second-order valence-electron chi connectivity index (χ2n) is 6.85. The predicted octanol–water partition coefficient (Wildman–Crippen LogP) is 3.10. The molecule has 0 radical (unpaired) electrons. The molecule has 0 aliphatic heterocycles. The van der Waals surface area contributed by atoms with Gasteiger partial charge in [-0.25, -0.2) is 0 Å². The molecule has 0 fully saturated rings. The summed E-state index contributed by atoms with van der Waals surface area (Å²) in [6.07, 6.45) is 1.64. The third-order valence-electron chi connectivity index (χ3n) is 4.92. The minimum absolute atomic E-state index is 0.00953. The lowest BCUT2D eigenvalue weighted by molar-refractivity contribution is 0.0540. The van der Waals surface area contributed by atoms with Crippen LogP contribution in [0.2, 0.25) is 5.54 Å². The first kappa shape index (κ1) is 30.1. The lowest BCUT2D eigenvalue weighted by Gasteiger charge is -2.39. The maximum absolute atomic E-state index is 6.70. The Morgan fingerprint density at radius 3 is 1.27 bits per heavy atom. The van der Waals surface area contributed by atoms with Crippen LogP contribution in [0.15, 0.2) is 0 Å². The van der Waals surface area contributed by atoms with Gasteiger partial charge in [0.1, 0.15) is 0 Å². The van der Waals surface area contributed by atoms with Gasteiger partial charge < -0.3 is 37.6 Å². The van der Waals surface area contributed by atoms with E-state index in [1.54, 1.807) is 0 Å². The third kappa shape index (κ3) is 8.57. The molecule has 0 aromatic carbocycles. The molecule has 0 aliphatic rings. The largest absolute Gasteiger partial charge is 0.518 e. The molecule has 0 bridgehead atoms. The van der Waals surface area contributed by atoms with E-state index in [2.05, 4.69) is 19.2 Å². The fraction of sp³-hybridized carbons (Fsp3) is 1.00. The Kier molecular flexibility index (Phi) is 16.8. The van der Waals surface area contributed by atoms with Crippen molar-refractivity contribution >= 4 is 17.6 Å². The van der Waals surface area contributed by atoms with Crippen molar-refractivity contribution in [2.45, 2.75) is 85.5 Å². The van der Waals surface area contributed by atoms with Gasteiger partial charge in [0, 0.05) is 57.8 Å². The molecule has 0 aromatic rings. The van der Waals surface area contributed by atoms with Crippen LogP contribution in [0.4, 0.5) is 0 Å². The van der Waals surface area contributed by atoms with Gasteiger partial charge in [0.25, 0.3) is 0 Å². The predicted molar refractivity (Wildman–Crippen MR) is 125 cm³/mol. The number of nitrogens with one attached hydrogen (secondary N) is 1. The summed E-state index contributed by atoms with van der Waals surface area (Å²) in [6, 6.07) is -0.197. The number of hydrogen-bond acceptors (Lipinski definition) is 8. The molecule has 182 valence electrons. The summed E-state index contributed by atoms with van der Waals surface area (Å²) in [5.41, 5.74) is 6.65. The second kappa shape index (κ2) is 16.7. The fourth-order valence-corrected chi connectivity index (χ4v) is 10.0. The fourth-order valence-electron chi connectivity index (χ4n) is 3.83. The lowest BCUT2D eigenvalue weighted by atomic mass is 10.1. The van der Waals surface area contributed by atoms with Crippen LogP contribution in [0, 0.1) is 0 Å². The zero-order valence-electron chi connectivity index (χ0n) is 20.6. The van der Waals surface area contributed by atoms with Crippen molar-refractivity contribution in [2.75, 3.05) is 46.2 Å². The van der Waals surface area contributed by atoms with Crippen molar-refractivity contribution in [3.05, 3.63) is 0 Å². The van der Waals surface area contributed by atoms with Gasteiger partial charge in [0.2, 0.25) is 0 Å². The Balaban J connectivity index is 5.55. The van der Waals surface area contributed by atoms with Crippen LogP contribution in [0.3, 0.4) is 0 Å². The van der Waals surface area contributed by atoms with Crippen LogP contribution in [-0.2, 0) is 26.6 Å². The molecule has 0 heterocycles. The molecule has 8 nitrogen and oxygen atoms in total. The highest BCUT2D eigenvalue weighted by atomic mass is 28.4. The third-order valence-corrected chi connectivity index (χ3v) is 12.3. The van der Waals surface area contributed by atoms with Crippen molar-refractivity contribution in [1.82, 2.24) is 5.32 Å². The normalized spacial score (nSPS) is 15.9. The maximum Gasteiger partial charge on any atom is 0.518 e. The van der Waals surface area contributed by atoms with Gasteiger partial charge in [-0.2, -0.15) is 0 Å². The molecule has 0 saturated heterocycles. The zero-order valence-corrected chi connectivity index (χ0v) is 22.6. The van der Waals surface area contributed by atoms with E-state index >= 15 is 0 Å². The van der Waals surface area contributed by atoms with Crippen LogP contribution < -0.4 is 11.1 Å². The van der Waals surface area contributed by atoms with Crippen LogP contribution in [-0.4, -0.2) is 75.5 Å². The SMILES string of the molecule is CCO[Si](OCC)(OCC)C(CC)NCC(N)C(CC)[Si](OCC)(OCC)OCC. The van der Waals surface area contributed by atoms with Crippen molar-refractivity contribution in [3.8, 4) is 0 Å². The molecule has 0 saturated carbocycles. The van der Waals surface area contributed by atoms with Crippen molar-refractivity contribution in [1.29, 1.82) is 0 Å². The Morgan fingerprint density at radius 1 is 0.600 bits per heavy atom. The van der Waals surface area contributed by atoms with E-state index in [9.17, 15) is 0 Å². The van der Waals surface area contributed by atoms with E-state index in [-0.39, 0.29) is 17.2 Å². The quantitative estimate of drug-likeness (QED) is 0.263. The van der Waals surface area contributed by atoms with Crippen molar-refractivity contribution in [3.63, 3.8) is 0 Å². The monoisotopic (exact) mass is 468 g/mol. The smallest absolute Gasteiger partial charge is 0.374 e. The number of rotatable bonds is 20. The summed E-state index contributed by atoms with van der Waals surface area (Å²) in [5.74, 6) is 0. The molecule has 30 heavy (non-hydrogen) atoms. The van der Waals surface area contributed by atoms with Gasteiger partial charge in [-0.15, -0.1) is 0 Å². The van der Waals surface area contributed by atoms with E-state index in [1.165, 1.54) is 0 Å². The molecular formula is C20H48N2O6Si2. The summed E-state index contributed by atoms with van der Waals surface area (Å²) in [6.45, 7) is 19.9. The Hall–Kier alpha value is 0.114. The van der Waals surface area contributed by atoms with Crippen LogP contribution >= 0.6 is 0 Å². The summed E-state index contributed by atoms with van der Waals surface area (Å²) in [7, 11) is -5.79. The van der Waals surface area contributed by atoms with Gasteiger partial charge >= 0.3 is 17.6 Å². The number of hydrogen-bond donors (Lipinski definition) is 2. The zero-order chi connectivity index (χ0) is 23.0. The standard InChI is InChI=1S/C20H48N2O6Si2/c1-9-19(29(23-11-3,24-12-4)25-13-5)18(21)17-22-20(10-2)30(26-14-6,27-15-7)28-16-8/h18-20,22H,9-17,21H2,1-8H3. The molecule has 10 heteroatoms. The minimum atomic E-state index is -2.91. The Labute approximate surface area is 187 Å². The summed E-state index contributed by atoms with van der Waals surface area (Å²) >= 11 is 0. The average molecular weight is 469 g/mol. The maximum atomic E-state index is 6.70. The topological polar surface area (TPSA) is 93.4 Å². The van der Waals surface area contributed by atoms with Crippen LogP contribution in [0.25, 0.3) is 0 Å². The van der Waals surface area contributed by atoms with Crippen LogP contribution in [0.1, 0.15) is 68.2 Å². The average Bonchev–Trinajstić information content (AvgIpc) is 2.70. The molecule has 3 atom stereocenters. The highest BCUT2D eigenvalue weighted by Gasteiger charge is 2.52.